The average molecular weight is 253 g/mol. The van der Waals surface area contributed by atoms with Gasteiger partial charge in [-0.2, -0.15) is 5.10 Å². The summed E-state index contributed by atoms with van der Waals surface area (Å²) in [5, 5.41) is 6.87. The monoisotopic (exact) mass is 253 g/mol. The largest absolute Gasteiger partial charge is 0.355 e. The fourth-order valence-corrected chi connectivity index (χ4v) is 1.58. The van der Waals surface area contributed by atoms with Crippen molar-refractivity contribution in [1.29, 1.82) is 0 Å². The van der Waals surface area contributed by atoms with Gasteiger partial charge in [0.25, 0.3) is 0 Å². The van der Waals surface area contributed by atoms with E-state index in [1.54, 1.807) is 10.9 Å². The minimum absolute atomic E-state index is 0.0228. The van der Waals surface area contributed by atoms with E-state index in [-0.39, 0.29) is 5.91 Å². The first-order chi connectivity index (χ1) is 9.25. The van der Waals surface area contributed by atoms with Gasteiger partial charge in [-0.15, -0.1) is 0 Å². The van der Waals surface area contributed by atoms with Gasteiger partial charge in [0.2, 0.25) is 5.91 Å². The normalized spacial score (nSPS) is 9.53. The van der Waals surface area contributed by atoms with E-state index in [9.17, 15) is 4.79 Å². The number of nitrogens with one attached hydrogen (secondary N) is 1. The molecule has 0 fully saturated rings. The van der Waals surface area contributed by atoms with Gasteiger partial charge in [-0.3, -0.25) is 4.79 Å². The maximum absolute atomic E-state index is 10.7. The molecule has 1 aromatic carbocycles. The Morgan fingerprint density at radius 1 is 1.37 bits per heavy atom. The molecule has 0 aliphatic rings. The van der Waals surface area contributed by atoms with Gasteiger partial charge in [-0.25, -0.2) is 4.68 Å². The Bertz CT molecular complexity index is 589. The predicted octanol–water partition coefficient (Wildman–Crippen LogP) is 1.75. The molecule has 1 amide bonds. The number of rotatable bonds is 3. The summed E-state index contributed by atoms with van der Waals surface area (Å²) in [5.41, 5.74) is 1.97. The topological polar surface area (TPSA) is 46.9 Å². The fraction of sp³-hybridized carbons (Fsp3) is 0.200. The molecule has 0 spiro atoms. The molecule has 4 heteroatoms. The fourth-order valence-electron chi connectivity index (χ4n) is 1.58. The zero-order valence-electron chi connectivity index (χ0n) is 10.8. The van der Waals surface area contributed by atoms with Gasteiger partial charge in [0.05, 0.1) is 5.69 Å². The molecule has 0 aliphatic carbocycles. The average Bonchev–Trinajstić information content (AvgIpc) is 2.93. The van der Waals surface area contributed by atoms with Crippen LogP contribution < -0.4 is 5.32 Å². The third kappa shape index (κ3) is 4.00. The molecule has 0 bridgehead atoms. The standard InChI is InChI=1S/C15H15N3O/c1-13(19)16-10-3-2-5-14-6-8-15(9-7-14)18-12-4-11-17-18/h4,6-9,11-12H,3,10H2,1H3,(H,16,19). The Balaban J connectivity index is 1.92. The van der Waals surface area contributed by atoms with Crippen molar-refractivity contribution in [2.24, 2.45) is 0 Å². The molecule has 1 aromatic heterocycles. The number of hydrogen-bond acceptors (Lipinski definition) is 2. The van der Waals surface area contributed by atoms with Crippen LogP contribution in [-0.2, 0) is 4.79 Å². The highest BCUT2D eigenvalue weighted by molar-refractivity contribution is 5.72. The summed E-state index contributed by atoms with van der Waals surface area (Å²) in [4.78, 5) is 10.7. The maximum Gasteiger partial charge on any atom is 0.216 e. The molecule has 96 valence electrons. The number of carbonyl (C=O) groups is 1. The van der Waals surface area contributed by atoms with Crippen molar-refractivity contribution in [2.45, 2.75) is 13.3 Å². The number of carbonyl (C=O) groups excluding carboxylic acids is 1. The summed E-state index contributed by atoms with van der Waals surface area (Å²) in [7, 11) is 0. The van der Waals surface area contributed by atoms with Crippen molar-refractivity contribution in [3.8, 4) is 17.5 Å². The molecule has 0 unspecified atom stereocenters. The third-order valence-electron chi connectivity index (χ3n) is 2.49. The van der Waals surface area contributed by atoms with Crippen LogP contribution in [0.3, 0.4) is 0 Å². The van der Waals surface area contributed by atoms with Crippen LogP contribution >= 0.6 is 0 Å². The van der Waals surface area contributed by atoms with Gasteiger partial charge in [0.15, 0.2) is 0 Å². The van der Waals surface area contributed by atoms with Crippen LogP contribution in [0, 0.1) is 11.8 Å². The molecule has 0 saturated heterocycles. The van der Waals surface area contributed by atoms with E-state index in [1.165, 1.54) is 6.92 Å². The Hall–Kier alpha value is -2.54. The summed E-state index contributed by atoms with van der Waals surface area (Å²) < 4.78 is 1.80. The lowest BCUT2D eigenvalue weighted by Gasteiger charge is -2.00. The zero-order chi connectivity index (χ0) is 13.5. The van der Waals surface area contributed by atoms with Gasteiger partial charge in [0.1, 0.15) is 0 Å². The Morgan fingerprint density at radius 3 is 2.79 bits per heavy atom. The summed E-state index contributed by atoms with van der Waals surface area (Å²) in [6.45, 7) is 2.09. The highest BCUT2D eigenvalue weighted by Crippen LogP contribution is 2.07. The smallest absolute Gasteiger partial charge is 0.216 e. The molecule has 19 heavy (non-hydrogen) atoms. The summed E-state index contributed by atoms with van der Waals surface area (Å²) in [5.74, 6) is 6.06. The molecular formula is C15H15N3O. The molecule has 2 aromatic rings. The zero-order valence-corrected chi connectivity index (χ0v) is 10.8. The summed E-state index contributed by atoms with van der Waals surface area (Å²) >= 11 is 0. The van der Waals surface area contributed by atoms with Crippen LogP contribution in [0.25, 0.3) is 5.69 Å². The van der Waals surface area contributed by atoms with Crippen molar-refractivity contribution in [1.82, 2.24) is 15.1 Å². The van der Waals surface area contributed by atoms with Gasteiger partial charge in [0, 0.05) is 37.8 Å². The number of amides is 1. The van der Waals surface area contributed by atoms with E-state index in [1.807, 2.05) is 36.5 Å². The van der Waals surface area contributed by atoms with Crippen molar-refractivity contribution in [3.63, 3.8) is 0 Å². The molecule has 4 nitrogen and oxygen atoms in total. The minimum atomic E-state index is -0.0228. The Morgan fingerprint density at radius 2 is 2.16 bits per heavy atom. The van der Waals surface area contributed by atoms with Gasteiger partial charge in [-0.1, -0.05) is 11.8 Å². The van der Waals surface area contributed by atoms with Crippen molar-refractivity contribution < 1.29 is 4.79 Å². The lowest BCUT2D eigenvalue weighted by atomic mass is 10.2. The molecule has 0 radical (unpaired) electrons. The lowest BCUT2D eigenvalue weighted by Crippen LogP contribution is -2.20. The molecule has 1 N–H and O–H groups in total. The first-order valence-corrected chi connectivity index (χ1v) is 6.09. The van der Waals surface area contributed by atoms with E-state index < -0.39 is 0 Å². The van der Waals surface area contributed by atoms with Crippen molar-refractivity contribution in [3.05, 3.63) is 48.3 Å². The Kier molecular flexibility index (Phi) is 4.35. The van der Waals surface area contributed by atoms with Gasteiger partial charge in [-0.05, 0) is 30.3 Å². The highest BCUT2D eigenvalue weighted by atomic mass is 16.1. The lowest BCUT2D eigenvalue weighted by molar-refractivity contribution is -0.118. The molecule has 1 heterocycles. The van der Waals surface area contributed by atoms with Crippen LogP contribution in [0.5, 0.6) is 0 Å². The van der Waals surface area contributed by atoms with Crippen LogP contribution in [-0.4, -0.2) is 22.2 Å². The van der Waals surface area contributed by atoms with Crippen molar-refractivity contribution >= 4 is 5.91 Å². The third-order valence-corrected chi connectivity index (χ3v) is 2.49. The molecular weight excluding hydrogens is 238 g/mol. The van der Waals surface area contributed by atoms with E-state index in [2.05, 4.69) is 22.3 Å². The number of aromatic nitrogens is 2. The van der Waals surface area contributed by atoms with Gasteiger partial charge < -0.3 is 5.32 Å². The number of benzene rings is 1. The van der Waals surface area contributed by atoms with E-state index >= 15 is 0 Å². The second-order valence-electron chi connectivity index (χ2n) is 4.03. The Labute approximate surface area is 112 Å². The highest BCUT2D eigenvalue weighted by Gasteiger charge is 1.94. The van der Waals surface area contributed by atoms with E-state index in [0.29, 0.717) is 13.0 Å². The van der Waals surface area contributed by atoms with Gasteiger partial charge >= 0.3 is 0 Å². The second-order valence-corrected chi connectivity index (χ2v) is 4.03. The van der Waals surface area contributed by atoms with Crippen LogP contribution in [0.15, 0.2) is 42.7 Å². The van der Waals surface area contributed by atoms with Crippen LogP contribution in [0.4, 0.5) is 0 Å². The molecule has 0 saturated carbocycles. The number of nitrogens with zero attached hydrogens (tertiary/aromatic N) is 2. The molecule has 0 aliphatic heterocycles. The second kappa shape index (κ2) is 6.41. The molecule has 0 atom stereocenters. The summed E-state index contributed by atoms with van der Waals surface area (Å²) in [6, 6.07) is 9.76. The SMILES string of the molecule is CC(=O)NCCC#Cc1ccc(-n2cccn2)cc1. The molecule has 2 rings (SSSR count). The van der Waals surface area contributed by atoms with Crippen LogP contribution in [0.2, 0.25) is 0 Å². The minimum Gasteiger partial charge on any atom is -0.355 e. The predicted molar refractivity (Wildman–Crippen MR) is 73.7 cm³/mol. The van der Waals surface area contributed by atoms with E-state index in [0.717, 1.165) is 11.3 Å². The van der Waals surface area contributed by atoms with E-state index in [4.69, 9.17) is 0 Å². The first-order valence-electron chi connectivity index (χ1n) is 6.09. The van der Waals surface area contributed by atoms with Crippen LogP contribution in [0.1, 0.15) is 18.9 Å². The number of hydrogen-bond donors (Lipinski definition) is 1. The maximum atomic E-state index is 10.7. The van der Waals surface area contributed by atoms with Crippen molar-refractivity contribution in [2.75, 3.05) is 6.54 Å². The first kappa shape index (κ1) is 12.9. The summed E-state index contributed by atoms with van der Waals surface area (Å²) in [6.07, 6.45) is 4.30. The quantitative estimate of drug-likeness (QED) is 0.669.